The number of hydrogen-bond donors (Lipinski definition) is 3. The van der Waals surface area contributed by atoms with E-state index in [0.717, 1.165) is 0 Å². The van der Waals surface area contributed by atoms with Gasteiger partial charge in [-0.05, 0) is 0 Å². The van der Waals surface area contributed by atoms with E-state index in [-0.39, 0.29) is 42.0 Å². The van der Waals surface area contributed by atoms with Crippen LogP contribution < -0.4 is 45.3 Å². The number of aromatic nitrogens is 4. The first-order valence-corrected chi connectivity index (χ1v) is 8.00. The number of hydrogen-bond acceptors (Lipinski definition) is 9. The standard InChI is InChI=1S/C10H13N6O5P.Na/c11-8-6-9(13-2-12-8)16(3-14-6)10-7(17)5-4(21-10)1-20-22(18,19)15-5;/h2-5,7,10,17H,1H2,(H2,11,12,13)(H2,15,18,19);/q;+1/p-1/t4-,5-,7-,10-;/m1./s1. The third-order valence-corrected chi connectivity index (χ3v) is 4.86. The molecule has 4 N–H and O–H groups in total. The van der Waals surface area contributed by atoms with E-state index < -0.39 is 32.2 Å². The Morgan fingerprint density at radius 1 is 1.48 bits per heavy atom. The van der Waals surface area contributed by atoms with E-state index in [4.69, 9.17) is 10.5 Å². The molecule has 0 amide bonds. The van der Waals surface area contributed by atoms with Crippen molar-refractivity contribution in [3.05, 3.63) is 12.7 Å². The molecule has 4 heterocycles. The molecule has 2 aromatic heterocycles. The Bertz CT molecular complexity index is 788. The van der Waals surface area contributed by atoms with Gasteiger partial charge in [0, 0.05) is 0 Å². The molecule has 0 saturated carbocycles. The molecule has 23 heavy (non-hydrogen) atoms. The quantitative estimate of drug-likeness (QED) is 0.336. The topological polar surface area (TPSA) is 160 Å². The first-order chi connectivity index (χ1) is 10.5. The monoisotopic (exact) mass is 350 g/mol. The fraction of sp³-hybridized carbons (Fsp3) is 0.500. The van der Waals surface area contributed by atoms with Gasteiger partial charge in [-0.2, -0.15) is 0 Å². The van der Waals surface area contributed by atoms with Gasteiger partial charge < -0.3 is 25.0 Å². The Morgan fingerprint density at radius 2 is 2.26 bits per heavy atom. The normalized spacial score (nSPS) is 36.6. The van der Waals surface area contributed by atoms with Crippen molar-refractivity contribution in [3.8, 4) is 0 Å². The summed E-state index contributed by atoms with van der Waals surface area (Å²) >= 11 is 0. The SMILES string of the molecule is Nc1ncnc2c1ncn2[C@@H]1O[C@@H]2COP(=O)([O-])N[C@H]2[C@H]1O.[Na+]. The number of nitrogens with two attached hydrogens (primary N) is 1. The predicted molar refractivity (Wildman–Crippen MR) is 70.1 cm³/mol. The Labute approximate surface area is 152 Å². The zero-order valence-electron chi connectivity index (χ0n) is 12.1. The molecule has 2 aliphatic heterocycles. The van der Waals surface area contributed by atoms with Crippen LogP contribution in [0.1, 0.15) is 6.23 Å². The van der Waals surface area contributed by atoms with Crippen molar-refractivity contribution >= 4 is 24.7 Å². The molecular formula is C10H12N6NaO5P. The molecule has 2 aromatic rings. The number of imidazole rings is 1. The van der Waals surface area contributed by atoms with E-state index in [0.29, 0.717) is 11.2 Å². The maximum absolute atomic E-state index is 11.5. The molecule has 2 saturated heterocycles. The minimum absolute atomic E-state index is 0. The summed E-state index contributed by atoms with van der Waals surface area (Å²) in [6.45, 7) is -0.157. The number of aliphatic hydroxyl groups excluding tert-OH is 1. The summed E-state index contributed by atoms with van der Waals surface area (Å²) in [5, 5.41) is 12.7. The van der Waals surface area contributed by atoms with Gasteiger partial charge in [-0.25, -0.2) is 20.0 Å². The van der Waals surface area contributed by atoms with E-state index in [2.05, 4.69) is 24.6 Å². The number of nitrogen functional groups attached to an aromatic ring is 1. The van der Waals surface area contributed by atoms with Crippen LogP contribution in [0.5, 0.6) is 0 Å². The molecule has 13 heteroatoms. The van der Waals surface area contributed by atoms with Gasteiger partial charge >= 0.3 is 29.6 Å². The Hall–Kier alpha value is -0.620. The molecule has 0 aliphatic carbocycles. The van der Waals surface area contributed by atoms with Crippen molar-refractivity contribution in [2.45, 2.75) is 24.5 Å². The summed E-state index contributed by atoms with van der Waals surface area (Å²) in [7, 11) is -4.16. The summed E-state index contributed by atoms with van der Waals surface area (Å²) in [4.78, 5) is 23.5. The van der Waals surface area contributed by atoms with E-state index in [1.165, 1.54) is 17.2 Å². The smallest absolute Gasteiger partial charge is 0.766 e. The third-order valence-electron chi connectivity index (χ3n) is 3.75. The number of ether oxygens (including phenoxy) is 1. The van der Waals surface area contributed by atoms with Gasteiger partial charge in [-0.15, -0.1) is 0 Å². The van der Waals surface area contributed by atoms with Gasteiger partial charge in [-0.1, -0.05) is 0 Å². The number of aliphatic hydroxyl groups is 1. The van der Waals surface area contributed by atoms with Gasteiger partial charge in [0.15, 0.2) is 17.7 Å². The summed E-state index contributed by atoms with van der Waals surface area (Å²) in [5.74, 6) is 0.208. The minimum atomic E-state index is -4.16. The largest absolute Gasteiger partial charge is 1.00 e. The fourth-order valence-corrected chi connectivity index (χ4v) is 3.82. The second kappa shape index (κ2) is 6.03. The van der Waals surface area contributed by atoms with Crippen LogP contribution in [0, 0.1) is 0 Å². The van der Waals surface area contributed by atoms with Gasteiger partial charge in [0.1, 0.15) is 24.1 Å². The van der Waals surface area contributed by atoms with Crippen molar-refractivity contribution in [1.29, 1.82) is 0 Å². The molecule has 5 atom stereocenters. The van der Waals surface area contributed by atoms with Crippen molar-refractivity contribution in [2.75, 3.05) is 12.3 Å². The number of rotatable bonds is 1. The second-order valence-corrected chi connectivity index (χ2v) is 6.60. The summed E-state index contributed by atoms with van der Waals surface area (Å²) in [5.41, 5.74) is 6.49. The van der Waals surface area contributed by atoms with E-state index in [9.17, 15) is 14.6 Å². The van der Waals surface area contributed by atoms with Gasteiger partial charge in [-0.3, -0.25) is 9.13 Å². The maximum atomic E-state index is 11.5. The van der Waals surface area contributed by atoms with Crippen LogP contribution in [0.25, 0.3) is 11.2 Å². The summed E-state index contributed by atoms with van der Waals surface area (Å²) < 4.78 is 23.3. The van der Waals surface area contributed by atoms with Crippen LogP contribution in [0.15, 0.2) is 12.7 Å². The second-order valence-electron chi connectivity index (χ2n) is 5.09. The molecule has 2 aliphatic rings. The predicted octanol–water partition coefficient (Wildman–Crippen LogP) is -4.87. The summed E-state index contributed by atoms with van der Waals surface area (Å²) in [6, 6.07) is -0.793. The van der Waals surface area contributed by atoms with Crippen LogP contribution >= 0.6 is 7.75 Å². The van der Waals surface area contributed by atoms with Crippen LogP contribution in [0.2, 0.25) is 0 Å². The van der Waals surface area contributed by atoms with Crippen LogP contribution in [0.4, 0.5) is 5.82 Å². The Balaban J connectivity index is 0.00000156. The van der Waals surface area contributed by atoms with Crippen molar-refractivity contribution in [2.24, 2.45) is 0 Å². The number of anilines is 1. The fourth-order valence-electron chi connectivity index (χ4n) is 2.72. The Kier molecular flexibility index (Phi) is 4.51. The van der Waals surface area contributed by atoms with Gasteiger partial charge in [0.2, 0.25) is 7.75 Å². The molecule has 0 aromatic carbocycles. The van der Waals surface area contributed by atoms with Crippen molar-refractivity contribution in [1.82, 2.24) is 24.6 Å². The van der Waals surface area contributed by atoms with E-state index in [1.54, 1.807) is 0 Å². The third kappa shape index (κ3) is 2.82. The zero-order valence-corrected chi connectivity index (χ0v) is 15.0. The molecule has 118 valence electrons. The minimum Gasteiger partial charge on any atom is -0.766 e. The van der Waals surface area contributed by atoms with Gasteiger partial charge in [0.05, 0.1) is 19.0 Å². The number of nitrogens with one attached hydrogen (secondary N) is 1. The average Bonchev–Trinajstić information content (AvgIpc) is 3.01. The molecular weight excluding hydrogens is 338 g/mol. The maximum Gasteiger partial charge on any atom is 1.00 e. The summed E-state index contributed by atoms with van der Waals surface area (Å²) in [6.07, 6.45) is 0.108. The molecule has 1 unspecified atom stereocenters. The van der Waals surface area contributed by atoms with Crippen molar-refractivity contribution < 1.29 is 53.4 Å². The average molecular weight is 350 g/mol. The molecule has 2 fully saturated rings. The van der Waals surface area contributed by atoms with Gasteiger partial charge in [0.25, 0.3) is 0 Å². The number of nitrogens with zero attached hydrogens (tertiary/aromatic N) is 4. The molecule has 0 bridgehead atoms. The van der Waals surface area contributed by atoms with E-state index >= 15 is 0 Å². The first-order valence-electron chi connectivity index (χ1n) is 6.46. The molecule has 0 spiro atoms. The van der Waals surface area contributed by atoms with Crippen LogP contribution in [-0.4, -0.2) is 49.5 Å². The number of fused-ring (bicyclic) bond motifs is 2. The molecule has 4 rings (SSSR count). The zero-order chi connectivity index (χ0) is 15.5. The van der Waals surface area contributed by atoms with Crippen molar-refractivity contribution in [3.63, 3.8) is 0 Å². The van der Waals surface area contributed by atoms with Crippen LogP contribution in [0.3, 0.4) is 0 Å². The van der Waals surface area contributed by atoms with E-state index in [1.807, 2.05) is 0 Å². The first kappa shape index (κ1) is 17.2. The Morgan fingerprint density at radius 3 is 3.04 bits per heavy atom. The molecule has 0 radical (unpaired) electrons. The molecule has 11 nitrogen and oxygen atoms in total. The van der Waals surface area contributed by atoms with Crippen LogP contribution in [-0.2, 0) is 13.8 Å².